The van der Waals surface area contributed by atoms with Gasteiger partial charge in [0.1, 0.15) is 11.6 Å². The first-order valence-electron chi connectivity index (χ1n) is 12.7. The van der Waals surface area contributed by atoms with Crippen molar-refractivity contribution in [3.05, 3.63) is 35.1 Å². The highest BCUT2D eigenvalue weighted by atomic mass is 19.1. The van der Waals surface area contributed by atoms with Crippen molar-refractivity contribution in [1.82, 2.24) is 0 Å². The Morgan fingerprint density at radius 3 is 2.29 bits per heavy atom. The van der Waals surface area contributed by atoms with Crippen molar-refractivity contribution in [2.45, 2.75) is 102 Å². The fourth-order valence-corrected chi connectivity index (χ4v) is 5.78. The quantitative estimate of drug-likeness (QED) is 0.442. The zero-order valence-electron chi connectivity index (χ0n) is 19.1. The Morgan fingerprint density at radius 2 is 1.65 bits per heavy atom. The van der Waals surface area contributed by atoms with E-state index in [2.05, 4.69) is 13.0 Å². The first-order chi connectivity index (χ1) is 15.1. The van der Waals surface area contributed by atoms with Crippen LogP contribution in [0.2, 0.25) is 0 Å². The van der Waals surface area contributed by atoms with E-state index in [0.29, 0.717) is 36.4 Å². The molecule has 0 bridgehead atoms. The summed E-state index contributed by atoms with van der Waals surface area (Å²) in [6, 6.07) is 5.89. The van der Waals surface area contributed by atoms with Crippen molar-refractivity contribution in [2.24, 2.45) is 11.8 Å². The SMILES string of the molecule is CCCCCC1COC(C2CCC(c3ccc(C4CCC(=O)CC4)c(F)c3)CC2)OC1. The molecule has 0 unspecified atom stereocenters. The molecule has 3 fully saturated rings. The van der Waals surface area contributed by atoms with E-state index in [1.807, 2.05) is 6.07 Å². The summed E-state index contributed by atoms with van der Waals surface area (Å²) in [5, 5.41) is 0. The number of Topliss-reactive ketones (excluding diaryl/α,β-unsaturated/α-hetero) is 1. The third-order valence-corrected chi connectivity index (χ3v) is 7.84. The number of unbranched alkanes of at least 4 members (excludes halogenated alkanes) is 2. The average molecular weight is 431 g/mol. The van der Waals surface area contributed by atoms with Crippen LogP contribution < -0.4 is 0 Å². The van der Waals surface area contributed by atoms with Crippen molar-refractivity contribution in [3.8, 4) is 0 Å². The Hall–Kier alpha value is -1.26. The first-order valence-corrected chi connectivity index (χ1v) is 12.7. The van der Waals surface area contributed by atoms with Gasteiger partial charge >= 0.3 is 0 Å². The Kier molecular flexibility index (Phi) is 8.17. The van der Waals surface area contributed by atoms with E-state index in [1.165, 1.54) is 25.7 Å². The molecule has 1 heterocycles. The first kappa shape index (κ1) is 22.9. The smallest absolute Gasteiger partial charge is 0.160 e. The molecule has 2 saturated carbocycles. The minimum absolute atomic E-state index is 0.0449. The minimum Gasteiger partial charge on any atom is -0.352 e. The van der Waals surface area contributed by atoms with Gasteiger partial charge in [0.2, 0.25) is 0 Å². The van der Waals surface area contributed by atoms with Crippen LogP contribution in [-0.4, -0.2) is 25.3 Å². The molecule has 4 heteroatoms. The molecular weight excluding hydrogens is 391 g/mol. The Bertz CT molecular complexity index is 707. The number of halogens is 1. The molecular formula is C27H39FO3. The van der Waals surface area contributed by atoms with Crippen LogP contribution in [0.1, 0.15) is 107 Å². The van der Waals surface area contributed by atoms with Gasteiger partial charge in [0.15, 0.2) is 6.29 Å². The molecule has 0 spiro atoms. The maximum Gasteiger partial charge on any atom is 0.160 e. The fourth-order valence-electron chi connectivity index (χ4n) is 5.78. The highest BCUT2D eigenvalue weighted by Crippen LogP contribution is 2.40. The summed E-state index contributed by atoms with van der Waals surface area (Å²) >= 11 is 0. The molecule has 0 radical (unpaired) electrons. The van der Waals surface area contributed by atoms with E-state index in [1.54, 1.807) is 6.07 Å². The van der Waals surface area contributed by atoms with Crippen molar-refractivity contribution >= 4 is 5.78 Å². The van der Waals surface area contributed by atoms with Gasteiger partial charge in [-0.1, -0.05) is 38.3 Å². The van der Waals surface area contributed by atoms with Crippen LogP contribution in [0.4, 0.5) is 4.39 Å². The van der Waals surface area contributed by atoms with Gasteiger partial charge in [-0.05, 0) is 74.0 Å². The molecule has 0 amide bonds. The molecule has 31 heavy (non-hydrogen) atoms. The molecule has 0 aromatic heterocycles. The summed E-state index contributed by atoms with van der Waals surface area (Å²) in [7, 11) is 0. The molecule has 2 aliphatic carbocycles. The predicted molar refractivity (Wildman–Crippen MR) is 121 cm³/mol. The van der Waals surface area contributed by atoms with Crippen LogP contribution in [0.3, 0.4) is 0 Å². The molecule has 0 atom stereocenters. The second-order valence-electron chi connectivity index (χ2n) is 10.1. The zero-order chi connectivity index (χ0) is 21.6. The number of hydrogen-bond acceptors (Lipinski definition) is 3. The molecule has 1 aliphatic heterocycles. The fraction of sp³-hybridized carbons (Fsp3) is 0.741. The number of carbonyl (C=O) groups excluding carboxylic acids is 1. The van der Waals surface area contributed by atoms with Gasteiger partial charge in [0.05, 0.1) is 13.2 Å². The van der Waals surface area contributed by atoms with Crippen LogP contribution in [-0.2, 0) is 14.3 Å². The van der Waals surface area contributed by atoms with E-state index < -0.39 is 0 Å². The number of carbonyl (C=O) groups is 1. The minimum atomic E-state index is -0.0768. The van der Waals surface area contributed by atoms with Gasteiger partial charge in [-0.25, -0.2) is 4.39 Å². The van der Waals surface area contributed by atoms with Crippen molar-refractivity contribution < 1.29 is 18.7 Å². The van der Waals surface area contributed by atoms with E-state index in [0.717, 1.165) is 62.9 Å². The second kappa shape index (κ2) is 11.0. The summed E-state index contributed by atoms with van der Waals surface area (Å²) < 4.78 is 27.1. The number of hydrogen-bond donors (Lipinski definition) is 0. The van der Waals surface area contributed by atoms with E-state index in [-0.39, 0.29) is 18.0 Å². The third-order valence-electron chi connectivity index (χ3n) is 7.84. The molecule has 1 saturated heterocycles. The highest BCUT2D eigenvalue weighted by Gasteiger charge is 2.33. The van der Waals surface area contributed by atoms with Gasteiger partial charge in [0.25, 0.3) is 0 Å². The third kappa shape index (κ3) is 5.96. The van der Waals surface area contributed by atoms with E-state index >= 15 is 0 Å². The average Bonchev–Trinajstić information content (AvgIpc) is 2.81. The Labute approximate surface area is 187 Å². The second-order valence-corrected chi connectivity index (χ2v) is 10.1. The van der Waals surface area contributed by atoms with Crippen molar-refractivity contribution in [1.29, 1.82) is 0 Å². The number of rotatable bonds is 7. The highest BCUT2D eigenvalue weighted by molar-refractivity contribution is 5.79. The van der Waals surface area contributed by atoms with Gasteiger partial charge in [0, 0.05) is 24.7 Å². The van der Waals surface area contributed by atoms with Crippen molar-refractivity contribution in [3.63, 3.8) is 0 Å². The molecule has 0 N–H and O–H groups in total. The maximum atomic E-state index is 14.9. The standard InChI is InChI=1S/C27H39FO3/c1-2-3-4-5-19-17-30-27(31-18-19)22-8-6-20(7-9-22)23-12-15-25(26(28)16-23)21-10-13-24(29)14-11-21/h12,15-16,19-22,27H,2-11,13-14,17-18H2,1H3. The van der Waals surface area contributed by atoms with Crippen LogP contribution in [0.25, 0.3) is 0 Å². The van der Waals surface area contributed by atoms with Crippen LogP contribution in [0.15, 0.2) is 18.2 Å². The number of ether oxygens (including phenoxy) is 2. The van der Waals surface area contributed by atoms with Crippen molar-refractivity contribution in [2.75, 3.05) is 13.2 Å². The lowest BCUT2D eigenvalue weighted by atomic mass is 9.77. The lowest BCUT2D eigenvalue weighted by Gasteiger charge is -2.37. The van der Waals surface area contributed by atoms with E-state index in [4.69, 9.17) is 9.47 Å². The largest absolute Gasteiger partial charge is 0.352 e. The summed E-state index contributed by atoms with van der Waals surface area (Å²) in [6.07, 6.45) is 12.1. The van der Waals surface area contributed by atoms with E-state index in [9.17, 15) is 9.18 Å². The normalized spacial score (nSPS) is 30.5. The summed E-state index contributed by atoms with van der Waals surface area (Å²) in [4.78, 5) is 11.5. The zero-order valence-corrected chi connectivity index (χ0v) is 19.1. The van der Waals surface area contributed by atoms with Crippen LogP contribution >= 0.6 is 0 Å². The maximum absolute atomic E-state index is 14.9. The van der Waals surface area contributed by atoms with Gasteiger partial charge in [-0.2, -0.15) is 0 Å². The van der Waals surface area contributed by atoms with Gasteiger partial charge in [-0.3, -0.25) is 4.79 Å². The summed E-state index contributed by atoms with van der Waals surface area (Å²) in [5.41, 5.74) is 1.94. The lowest BCUT2D eigenvalue weighted by Crippen LogP contribution is -2.38. The lowest BCUT2D eigenvalue weighted by molar-refractivity contribution is -0.229. The number of ketones is 1. The topological polar surface area (TPSA) is 35.5 Å². The van der Waals surface area contributed by atoms with Crippen LogP contribution in [0, 0.1) is 17.7 Å². The molecule has 1 aromatic rings. The molecule has 3 nitrogen and oxygen atoms in total. The van der Waals surface area contributed by atoms with Crippen LogP contribution in [0.5, 0.6) is 0 Å². The van der Waals surface area contributed by atoms with Gasteiger partial charge < -0.3 is 9.47 Å². The summed E-state index contributed by atoms with van der Waals surface area (Å²) in [6.45, 7) is 3.92. The number of benzene rings is 1. The Balaban J connectivity index is 1.24. The molecule has 1 aromatic carbocycles. The predicted octanol–water partition coefficient (Wildman–Crippen LogP) is 6.90. The monoisotopic (exact) mass is 430 g/mol. The Morgan fingerprint density at radius 1 is 0.935 bits per heavy atom. The molecule has 3 aliphatic rings. The molecule has 4 rings (SSSR count). The van der Waals surface area contributed by atoms with Gasteiger partial charge in [-0.15, -0.1) is 0 Å². The molecule has 172 valence electrons. The summed E-state index contributed by atoms with van der Waals surface area (Å²) in [5.74, 6) is 1.90.